The van der Waals surface area contributed by atoms with Crippen LogP contribution >= 0.6 is 0 Å². The number of rotatable bonds is 5. The number of anilines is 1. The Bertz CT molecular complexity index is 676. The SMILES string of the molecule is C=CCN(CC(=O)O)c1cc2ccccc2c(=O)[nH]1. The van der Waals surface area contributed by atoms with Crippen LogP contribution in [0.3, 0.4) is 0 Å². The van der Waals surface area contributed by atoms with Gasteiger partial charge in [0.2, 0.25) is 0 Å². The molecule has 0 unspecified atom stereocenters. The molecule has 5 heteroatoms. The van der Waals surface area contributed by atoms with Crippen molar-refractivity contribution in [1.29, 1.82) is 0 Å². The van der Waals surface area contributed by atoms with Crippen LogP contribution in [0.1, 0.15) is 0 Å². The summed E-state index contributed by atoms with van der Waals surface area (Å²) in [6.45, 7) is 3.75. The Morgan fingerprint density at radius 3 is 2.84 bits per heavy atom. The minimum Gasteiger partial charge on any atom is -0.480 e. The third-order valence-corrected chi connectivity index (χ3v) is 2.76. The quantitative estimate of drug-likeness (QED) is 0.799. The average Bonchev–Trinajstić information content (AvgIpc) is 2.38. The first-order valence-electron chi connectivity index (χ1n) is 5.81. The van der Waals surface area contributed by atoms with E-state index in [0.717, 1.165) is 5.39 Å². The molecule has 0 spiro atoms. The molecule has 0 fully saturated rings. The maximum Gasteiger partial charge on any atom is 0.323 e. The molecule has 1 aromatic carbocycles. The number of hydrogen-bond acceptors (Lipinski definition) is 3. The zero-order valence-corrected chi connectivity index (χ0v) is 10.3. The lowest BCUT2D eigenvalue weighted by molar-refractivity contribution is -0.135. The number of carboxylic acid groups (broad SMARTS) is 1. The summed E-state index contributed by atoms with van der Waals surface area (Å²) >= 11 is 0. The smallest absolute Gasteiger partial charge is 0.323 e. The Labute approximate surface area is 109 Å². The van der Waals surface area contributed by atoms with E-state index in [1.165, 1.54) is 0 Å². The zero-order chi connectivity index (χ0) is 13.8. The molecule has 0 aliphatic heterocycles. The second-order valence-electron chi connectivity index (χ2n) is 4.13. The highest BCUT2D eigenvalue weighted by atomic mass is 16.4. The van der Waals surface area contributed by atoms with Gasteiger partial charge in [-0.2, -0.15) is 0 Å². The van der Waals surface area contributed by atoms with Gasteiger partial charge in [-0.05, 0) is 17.5 Å². The van der Waals surface area contributed by atoms with Gasteiger partial charge in [-0.15, -0.1) is 6.58 Å². The van der Waals surface area contributed by atoms with Crippen molar-refractivity contribution < 1.29 is 9.90 Å². The van der Waals surface area contributed by atoms with Gasteiger partial charge in [0.25, 0.3) is 5.56 Å². The van der Waals surface area contributed by atoms with Crippen molar-refractivity contribution in [3.8, 4) is 0 Å². The number of nitrogens with one attached hydrogen (secondary N) is 1. The Balaban J connectivity index is 2.50. The van der Waals surface area contributed by atoms with Gasteiger partial charge in [0, 0.05) is 11.9 Å². The van der Waals surface area contributed by atoms with Crippen molar-refractivity contribution in [3.63, 3.8) is 0 Å². The molecule has 0 atom stereocenters. The third-order valence-electron chi connectivity index (χ3n) is 2.76. The number of nitrogens with zero attached hydrogens (tertiary/aromatic N) is 1. The zero-order valence-electron chi connectivity index (χ0n) is 10.3. The summed E-state index contributed by atoms with van der Waals surface area (Å²) in [6, 6.07) is 8.94. The molecule has 1 aromatic heterocycles. The standard InChI is InChI=1S/C14H14N2O3/c1-2-7-16(9-13(17)18)12-8-10-5-3-4-6-11(10)14(19)15-12/h2-6,8H,1,7,9H2,(H,15,19)(H,17,18). The van der Waals surface area contributed by atoms with Crippen LogP contribution in [0.15, 0.2) is 47.8 Å². The molecule has 2 N–H and O–H groups in total. The Kier molecular flexibility index (Phi) is 3.66. The molecule has 0 radical (unpaired) electrons. The van der Waals surface area contributed by atoms with E-state index in [1.807, 2.05) is 12.1 Å². The highest BCUT2D eigenvalue weighted by Gasteiger charge is 2.11. The monoisotopic (exact) mass is 258 g/mol. The molecule has 2 aromatic rings. The van der Waals surface area contributed by atoms with Gasteiger partial charge in [0.15, 0.2) is 0 Å². The summed E-state index contributed by atoms with van der Waals surface area (Å²) in [7, 11) is 0. The van der Waals surface area contributed by atoms with Crippen molar-refractivity contribution in [3.05, 3.63) is 53.3 Å². The molecule has 0 bridgehead atoms. The van der Waals surface area contributed by atoms with E-state index in [4.69, 9.17) is 5.11 Å². The summed E-state index contributed by atoms with van der Waals surface area (Å²) in [5, 5.41) is 10.2. The molecule has 0 aliphatic rings. The van der Waals surface area contributed by atoms with E-state index in [2.05, 4.69) is 11.6 Å². The number of pyridine rings is 1. The van der Waals surface area contributed by atoms with E-state index in [1.54, 1.807) is 29.2 Å². The van der Waals surface area contributed by atoms with Crippen LogP contribution in [-0.2, 0) is 4.79 Å². The van der Waals surface area contributed by atoms with E-state index in [9.17, 15) is 9.59 Å². The Morgan fingerprint density at radius 1 is 1.42 bits per heavy atom. The first kappa shape index (κ1) is 12.9. The molecule has 1 heterocycles. The number of fused-ring (bicyclic) bond motifs is 1. The predicted octanol–water partition coefficient (Wildman–Crippen LogP) is 1.61. The van der Waals surface area contributed by atoms with Gasteiger partial charge in [0.05, 0.1) is 0 Å². The molecule has 19 heavy (non-hydrogen) atoms. The molecule has 98 valence electrons. The first-order valence-corrected chi connectivity index (χ1v) is 5.81. The lowest BCUT2D eigenvalue weighted by Gasteiger charge is -2.20. The van der Waals surface area contributed by atoms with Crippen LogP contribution in [-0.4, -0.2) is 29.1 Å². The number of carboxylic acids is 1. The Hall–Kier alpha value is -2.56. The van der Waals surface area contributed by atoms with Crippen LogP contribution in [0.4, 0.5) is 5.82 Å². The summed E-state index contributed by atoms with van der Waals surface area (Å²) in [4.78, 5) is 27.0. The number of aromatic amines is 1. The van der Waals surface area contributed by atoms with Gasteiger partial charge in [0.1, 0.15) is 12.4 Å². The topological polar surface area (TPSA) is 73.4 Å². The molecule has 0 saturated carbocycles. The van der Waals surface area contributed by atoms with E-state index in [-0.39, 0.29) is 12.1 Å². The Morgan fingerprint density at radius 2 is 2.16 bits per heavy atom. The molecule has 0 amide bonds. The predicted molar refractivity (Wildman–Crippen MR) is 74.6 cm³/mol. The van der Waals surface area contributed by atoms with Crippen LogP contribution in [0, 0.1) is 0 Å². The lowest BCUT2D eigenvalue weighted by atomic mass is 10.1. The largest absolute Gasteiger partial charge is 0.480 e. The molecular formula is C14H14N2O3. The first-order chi connectivity index (χ1) is 9.11. The van der Waals surface area contributed by atoms with E-state index >= 15 is 0 Å². The van der Waals surface area contributed by atoms with E-state index in [0.29, 0.717) is 17.7 Å². The summed E-state index contributed by atoms with van der Waals surface area (Å²) in [5.41, 5.74) is -0.229. The second-order valence-corrected chi connectivity index (χ2v) is 4.13. The maximum atomic E-state index is 11.9. The van der Waals surface area contributed by atoms with Crippen LogP contribution in [0.25, 0.3) is 10.8 Å². The highest BCUT2D eigenvalue weighted by molar-refractivity contribution is 5.84. The molecule has 2 rings (SSSR count). The number of H-pyrrole nitrogens is 1. The number of benzene rings is 1. The van der Waals surface area contributed by atoms with Crippen LogP contribution < -0.4 is 10.5 Å². The average molecular weight is 258 g/mol. The second kappa shape index (κ2) is 5.39. The molecule has 0 aliphatic carbocycles. The van der Waals surface area contributed by atoms with Gasteiger partial charge in [-0.3, -0.25) is 9.59 Å². The van der Waals surface area contributed by atoms with Crippen molar-refractivity contribution in [2.75, 3.05) is 18.0 Å². The van der Waals surface area contributed by atoms with Crippen LogP contribution in [0.5, 0.6) is 0 Å². The third kappa shape index (κ3) is 2.82. The summed E-state index contributed by atoms with van der Waals surface area (Å²) in [6.07, 6.45) is 1.59. The number of hydrogen-bond donors (Lipinski definition) is 2. The van der Waals surface area contributed by atoms with Gasteiger partial charge in [-0.25, -0.2) is 0 Å². The normalized spacial score (nSPS) is 10.3. The van der Waals surface area contributed by atoms with Gasteiger partial charge in [-0.1, -0.05) is 24.3 Å². The fourth-order valence-corrected chi connectivity index (χ4v) is 1.93. The lowest BCUT2D eigenvalue weighted by Crippen LogP contribution is -2.31. The number of aromatic nitrogens is 1. The van der Waals surface area contributed by atoms with Crippen LogP contribution in [0.2, 0.25) is 0 Å². The van der Waals surface area contributed by atoms with Crippen molar-refractivity contribution in [2.24, 2.45) is 0 Å². The minimum atomic E-state index is -0.962. The fourth-order valence-electron chi connectivity index (χ4n) is 1.93. The minimum absolute atomic E-state index is 0.194. The maximum absolute atomic E-state index is 11.9. The number of carbonyl (C=O) groups is 1. The molecular weight excluding hydrogens is 244 g/mol. The van der Waals surface area contributed by atoms with Gasteiger partial charge < -0.3 is 15.0 Å². The highest BCUT2D eigenvalue weighted by Crippen LogP contribution is 2.16. The number of aliphatic carboxylic acids is 1. The van der Waals surface area contributed by atoms with Gasteiger partial charge >= 0.3 is 5.97 Å². The molecule has 5 nitrogen and oxygen atoms in total. The summed E-state index contributed by atoms with van der Waals surface area (Å²) < 4.78 is 0. The summed E-state index contributed by atoms with van der Waals surface area (Å²) in [5.74, 6) is -0.484. The fraction of sp³-hybridized carbons (Fsp3) is 0.143. The van der Waals surface area contributed by atoms with Crippen molar-refractivity contribution >= 4 is 22.6 Å². The van der Waals surface area contributed by atoms with E-state index < -0.39 is 5.97 Å². The molecule has 0 saturated heterocycles. The van der Waals surface area contributed by atoms with Crippen molar-refractivity contribution in [2.45, 2.75) is 0 Å². The van der Waals surface area contributed by atoms with Crippen molar-refractivity contribution in [1.82, 2.24) is 4.98 Å².